The highest BCUT2D eigenvalue weighted by Gasteiger charge is 2.42. The predicted molar refractivity (Wildman–Crippen MR) is 102 cm³/mol. The molecule has 1 heterocycles. The summed E-state index contributed by atoms with van der Waals surface area (Å²) >= 11 is 0. The van der Waals surface area contributed by atoms with E-state index in [-0.39, 0.29) is 34.1 Å². The Morgan fingerprint density at radius 1 is 1.30 bits per heavy atom. The second kappa shape index (κ2) is 6.23. The van der Waals surface area contributed by atoms with Crippen molar-refractivity contribution >= 4 is 17.3 Å². The lowest BCUT2D eigenvalue weighted by Gasteiger charge is -2.38. The summed E-state index contributed by atoms with van der Waals surface area (Å²) in [6, 6.07) is 8.19. The van der Waals surface area contributed by atoms with Crippen LogP contribution in [0.1, 0.15) is 51.0 Å². The van der Waals surface area contributed by atoms with Crippen LogP contribution in [0.5, 0.6) is 0 Å². The van der Waals surface area contributed by atoms with Crippen molar-refractivity contribution in [1.29, 1.82) is 0 Å². The Morgan fingerprint density at radius 2 is 2.04 bits per heavy atom. The molecule has 1 aliphatic carbocycles. The molecule has 2 aromatic rings. The first-order valence-electron chi connectivity index (χ1n) is 8.94. The van der Waals surface area contributed by atoms with E-state index in [9.17, 15) is 20.0 Å². The maximum absolute atomic E-state index is 11.7. The van der Waals surface area contributed by atoms with Gasteiger partial charge in [-0.1, -0.05) is 30.4 Å². The van der Waals surface area contributed by atoms with Crippen LogP contribution in [0.4, 0.5) is 11.4 Å². The van der Waals surface area contributed by atoms with Gasteiger partial charge in [-0.2, -0.15) is 0 Å². The van der Waals surface area contributed by atoms with Crippen molar-refractivity contribution in [2.45, 2.75) is 32.2 Å². The van der Waals surface area contributed by atoms with Gasteiger partial charge in [-0.15, -0.1) is 0 Å². The van der Waals surface area contributed by atoms with Crippen molar-refractivity contribution in [3.05, 3.63) is 80.4 Å². The summed E-state index contributed by atoms with van der Waals surface area (Å²) < 4.78 is 0. The summed E-state index contributed by atoms with van der Waals surface area (Å²) in [5.74, 6) is -0.833. The molecule has 138 valence electrons. The Labute approximate surface area is 156 Å². The smallest absolute Gasteiger partial charge is 0.336 e. The summed E-state index contributed by atoms with van der Waals surface area (Å²) in [6.45, 7) is 3.89. The van der Waals surface area contributed by atoms with E-state index < -0.39 is 5.97 Å². The average molecular weight is 364 g/mol. The van der Waals surface area contributed by atoms with Crippen LogP contribution in [0.25, 0.3) is 0 Å². The fourth-order valence-electron chi connectivity index (χ4n) is 4.50. The molecule has 4 rings (SSSR count). The maximum atomic E-state index is 11.7. The highest BCUT2D eigenvalue weighted by atomic mass is 16.6. The molecule has 0 spiro atoms. The van der Waals surface area contributed by atoms with Crippen LogP contribution in [-0.2, 0) is 0 Å². The molecular weight excluding hydrogens is 344 g/mol. The fourth-order valence-corrected chi connectivity index (χ4v) is 4.50. The molecule has 2 aromatic carbocycles. The molecule has 3 atom stereocenters. The van der Waals surface area contributed by atoms with Crippen molar-refractivity contribution in [2.75, 3.05) is 5.32 Å². The van der Waals surface area contributed by atoms with E-state index in [1.807, 2.05) is 19.9 Å². The second-order valence-corrected chi connectivity index (χ2v) is 7.25. The third kappa shape index (κ3) is 2.60. The number of nitrogens with zero attached hydrogens (tertiary/aromatic N) is 1. The number of aryl methyl sites for hydroxylation is 1. The Hall–Kier alpha value is -3.15. The van der Waals surface area contributed by atoms with Crippen LogP contribution >= 0.6 is 0 Å². The van der Waals surface area contributed by atoms with Crippen LogP contribution in [0, 0.1) is 29.9 Å². The molecular formula is C21H20N2O4. The Morgan fingerprint density at radius 3 is 2.74 bits per heavy atom. The number of aromatic carboxylic acids is 1. The Balaban J connectivity index is 1.94. The molecule has 6 nitrogen and oxygen atoms in total. The zero-order valence-corrected chi connectivity index (χ0v) is 15.1. The van der Waals surface area contributed by atoms with E-state index in [0.717, 1.165) is 23.1 Å². The van der Waals surface area contributed by atoms with Gasteiger partial charge in [-0.05, 0) is 54.5 Å². The number of hydrogen-bond acceptors (Lipinski definition) is 4. The third-order valence-corrected chi connectivity index (χ3v) is 5.87. The van der Waals surface area contributed by atoms with E-state index in [1.165, 1.54) is 0 Å². The monoisotopic (exact) mass is 364 g/mol. The molecule has 0 fully saturated rings. The third-order valence-electron chi connectivity index (χ3n) is 5.87. The number of rotatable bonds is 3. The number of carboxylic acids is 1. The van der Waals surface area contributed by atoms with Crippen LogP contribution in [0.15, 0.2) is 42.5 Å². The molecule has 0 unspecified atom stereocenters. The molecule has 0 aromatic heterocycles. The van der Waals surface area contributed by atoms with E-state index >= 15 is 0 Å². The van der Waals surface area contributed by atoms with Crippen molar-refractivity contribution in [1.82, 2.24) is 0 Å². The van der Waals surface area contributed by atoms with E-state index in [4.69, 9.17) is 0 Å². The number of anilines is 1. The summed E-state index contributed by atoms with van der Waals surface area (Å²) in [5, 5.41) is 24.7. The van der Waals surface area contributed by atoms with Gasteiger partial charge in [0.2, 0.25) is 0 Å². The number of hydrogen-bond donors (Lipinski definition) is 2. The predicted octanol–water partition coefficient (Wildman–Crippen LogP) is 4.74. The standard InChI is InChI=1S/C21H20N2O4/c1-11-10-17(23(26)27)20-18(12(11)2)13-8-5-9-14(13)19(22-20)15-6-3-4-7-16(15)21(24)25/h3-8,10,13-14,19,22H,9H2,1-2H3,(H,24,25)/t13-,14-,19-/m1/s1. The molecule has 0 amide bonds. The van der Waals surface area contributed by atoms with Crippen molar-refractivity contribution in [2.24, 2.45) is 5.92 Å². The quantitative estimate of drug-likeness (QED) is 0.466. The molecule has 1 aliphatic heterocycles. The number of nitrogens with one attached hydrogen (secondary N) is 1. The molecule has 0 radical (unpaired) electrons. The van der Waals surface area contributed by atoms with Gasteiger partial charge in [0.1, 0.15) is 5.69 Å². The molecule has 6 heteroatoms. The van der Waals surface area contributed by atoms with Crippen molar-refractivity contribution in [3.63, 3.8) is 0 Å². The van der Waals surface area contributed by atoms with Crippen molar-refractivity contribution < 1.29 is 14.8 Å². The van der Waals surface area contributed by atoms with Gasteiger partial charge < -0.3 is 10.4 Å². The highest BCUT2D eigenvalue weighted by molar-refractivity contribution is 5.90. The van der Waals surface area contributed by atoms with Crippen LogP contribution in [0.2, 0.25) is 0 Å². The second-order valence-electron chi connectivity index (χ2n) is 7.25. The molecule has 0 saturated carbocycles. The first-order valence-corrected chi connectivity index (χ1v) is 8.94. The lowest BCUT2D eigenvalue weighted by atomic mass is 9.74. The SMILES string of the molecule is Cc1cc([N+](=O)[O-])c2c(c1C)[C@@H]1C=CC[C@H]1[C@H](c1ccccc1C(=O)O)N2. The van der Waals surface area contributed by atoms with Gasteiger partial charge in [0.15, 0.2) is 0 Å². The van der Waals surface area contributed by atoms with Crippen LogP contribution in [0.3, 0.4) is 0 Å². The number of benzene rings is 2. The van der Waals surface area contributed by atoms with Gasteiger partial charge in [0.05, 0.1) is 16.5 Å². The van der Waals surface area contributed by atoms with Crippen LogP contribution in [-0.4, -0.2) is 16.0 Å². The average Bonchev–Trinajstić information content (AvgIpc) is 3.13. The van der Waals surface area contributed by atoms with Gasteiger partial charge in [-0.25, -0.2) is 4.79 Å². The van der Waals surface area contributed by atoms with E-state index in [1.54, 1.807) is 24.3 Å². The van der Waals surface area contributed by atoms with Gasteiger partial charge in [0.25, 0.3) is 5.69 Å². The van der Waals surface area contributed by atoms with E-state index in [2.05, 4.69) is 17.5 Å². The number of carboxylic acid groups (broad SMARTS) is 1. The molecule has 0 bridgehead atoms. The maximum Gasteiger partial charge on any atom is 0.336 e. The number of allylic oxidation sites excluding steroid dienone is 2. The minimum atomic E-state index is -0.990. The first-order chi connectivity index (χ1) is 12.9. The summed E-state index contributed by atoms with van der Waals surface area (Å²) in [6.07, 6.45) is 5.00. The number of carbonyl (C=O) groups is 1. The molecule has 2 aliphatic rings. The number of nitro groups is 1. The molecule has 2 N–H and O–H groups in total. The minimum Gasteiger partial charge on any atom is -0.478 e. The lowest BCUT2D eigenvalue weighted by molar-refractivity contribution is -0.384. The van der Waals surface area contributed by atoms with Gasteiger partial charge >= 0.3 is 5.97 Å². The number of nitro benzene ring substituents is 1. The number of fused-ring (bicyclic) bond motifs is 3. The summed E-state index contributed by atoms with van der Waals surface area (Å²) in [5.41, 5.74) is 4.37. The minimum absolute atomic E-state index is 0.0340. The first kappa shape index (κ1) is 17.3. The van der Waals surface area contributed by atoms with Crippen molar-refractivity contribution in [3.8, 4) is 0 Å². The highest BCUT2D eigenvalue weighted by Crippen LogP contribution is 2.54. The zero-order chi connectivity index (χ0) is 19.3. The molecule has 27 heavy (non-hydrogen) atoms. The Bertz CT molecular complexity index is 996. The largest absolute Gasteiger partial charge is 0.478 e. The molecule has 0 saturated heterocycles. The summed E-state index contributed by atoms with van der Waals surface area (Å²) in [7, 11) is 0. The lowest BCUT2D eigenvalue weighted by Crippen LogP contribution is -2.31. The fraction of sp³-hybridized carbons (Fsp3) is 0.286. The van der Waals surface area contributed by atoms with Gasteiger partial charge in [0, 0.05) is 12.0 Å². The normalized spacial score (nSPS) is 22.7. The zero-order valence-electron chi connectivity index (χ0n) is 15.1. The summed E-state index contributed by atoms with van der Waals surface area (Å²) in [4.78, 5) is 23.1. The Kier molecular flexibility index (Phi) is 3.98. The van der Waals surface area contributed by atoms with Gasteiger partial charge in [-0.3, -0.25) is 10.1 Å². The van der Waals surface area contributed by atoms with E-state index in [0.29, 0.717) is 11.3 Å². The topological polar surface area (TPSA) is 92.5 Å². The van der Waals surface area contributed by atoms with Crippen LogP contribution < -0.4 is 5.32 Å².